The molecule has 8 unspecified atom stereocenters. The lowest BCUT2D eigenvalue weighted by molar-refractivity contribution is -0.159. The molecule has 0 aromatic carbocycles. The van der Waals surface area contributed by atoms with Crippen LogP contribution < -0.4 is 27.4 Å². The van der Waals surface area contributed by atoms with Gasteiger partial charge < -0.3 is 36.9 Å². The first-order valence-corrected chi connectivity index (χ1v) is 17.4. The lowest BCUT2D eigenvalue weighted by Gasteiger charge is -2.37. The van der Waals surface area contributed by atoms with Gasteiger partial charge in [-0.25, -0.2) is 4.79 Å². The summed E-state index contributed by atoms with van der Waals surface area (Å²) in [4.78, 5) is 46.2. The number of epoxide rings is 1. The first kappa shape index (κ1) is 35.5. The van der Waals surface area contributed by atoms with Crippen molar-refractivity contribution in [1.82, 2.24) is 16.0 Å². The minimum absolute atomic E-state index is 0.00164. The van der Waals surface area contributed by atoms with E-state index in [1.54, 1.807) is 7.05 Å². The Balaban J connectivity index is 1.53. The van der Waals surface area contributed by atoms with Crippen LogP contribution in [0, 0.1) is 23.7 Å². The number of nitrogens with one attached hydrogen (secondary N) is 3. The molecule has 0 amide bonds. The van der Waals surface area contributed by atoms with E-state index in [4.69, 9.17) is 20.9 Å². The van der Waals surface area contributed by atoms with Crippen LogP contribution in [0.3, 0.4) is 0 Å². The van der Waals surface area contributed by atoms with E-state index in [2.05, 4.69) is 34.8 Å². The fourth-order valence-electron chi connectivity index (χ4n) is 7.82. The highest BCUT2D eigenvalue weighted by Crippen LogP contribution is 2.61. The number of ketones is 2. The van der Waals surface area contributed by atoms with Gasteiger partial charge in [-0.3, -0.25) is 14.6 Å². The summed E-state index contributed by atoms with van der Waals surface area (Å²) in [5.41, 5.74) is 9.97. The molecule has 0 aromatic heterocycles. The van der Waals surface area contributed by atoms with Crippen LogP contribution in [0.2, 0.25) is 0 Å². The topological polar surface area (TPSA) is 173 Å². The Bertz CT molecular complexity index is 1110. The van der Waals surface area contributed by atoms with Gasteiger partial charge in [-0.05, 0) is 70.9 Å². The maximum atomic E-state index is 14.1. The number of piperidine rings is 1. The highest BCUT2D eigenvalue weighted by atomic mass is 16.7. The predicted molar refractivity (Wildman–Crippen MR) is 175 cm³/mol. The van der Waals surface area contributed by atoms with E-state index >= 15 is 0 Å². The van der Waals surface area contributed by atoms with E-state index in [9.17, 15) is 14.4 Å². The van der Waals surface area contributed by atoms with Crippen molar-refractivity contribution in [2.75, 3.05) is 33.3 Å². The zero-order valence-electron chi connectivity index (χ0n) is 28.0. The van der Waals surface area contributed by atoms with Crippen LogP contribution in [-0.2, 0) is 23.9 Å². The molecule has 45 heavy (non-hydrogen) atoms. The van der Waals surface area contributed by atoms with Crippen molar-refractivity contribution in [2.45, 2.75) is 121 Å². The fourth-order valence-corrected chi connectivity index (χ4v) is 7.82. The van der Waals surface area contributed by atoms with Gasteiger partial charge in [0, 0.05) is 43.8 Å². The summed E-state index contributed by atoms with van der Waals surface area (Å²) >= 11 is 0. The molecule has 11 nitrogen and oxygen atoms in total. The van der Waals surface area contributed by atoms with Gasteiger partial charge in [0.15, 0.2) is 23.1 Å². The van der Waals surface area contributed by atoms with Gasteiger partial charge in [-0.2, -0.15) is 0 Å². The van der Waals surface area contributed by atoms with E-state index in [1.807, 2.05) is 13.0 Å². The number of hydrogen-bond acceptors (Lipinski definition) is 9. The third kappa shape index (κ3) is 7.80. The minimum atomic E-state index is -1.84. The summed E-state index contributed by atoms with van der Waals surface area (Å²) < 4.78 is 12.1. The number of Topliss-reactive ketones (excluding diaryl/α,β-unsaturated/α-hetero) is 2. The number of carbonyl (C=O) groups is 3. The lowest BCUT2D eigenvalue weighted by Crippen LogP contribution is -2.58. The molecule has 0 spiro atoms. The molecule has 11 heteroatoms. The van der Waals surface area contributed by atoms with Crippen molar-refractivity contribution < 1.29 is 23.9 Å². The van der Waals surface area contributed by atoms with E-state index < -0.39 is 29.0 Å². The molecule has 8 atom stereocenters. The van der Waals surface area contributed by atoms with Gasteiger partial charge in [0.25, 0.3) is 5.60 Å². The minimum Gasteiger partial charge on any atom is -0.463 e. The average molecular weight is 631 g/mol. The molecule has 7 N–H and O–H groups in total. The zero-order valence-corrected chi connectivity index (χ0v) is 28.0. The van der Waals surface area contributed by atoms with Gasteiger partial charge in [0.2, 0.25) is 0 Å². The normalized spacial score (nSPS) is 33.2. The molecule has 4 aliphatic rings. The quantitative estimate of drug-likeness (QED) is 0.0325. The first-order chi connectivity index (χ1) is 21.6. The third-order valence-electron chi connectivity index (χ3n) is 10.5. The number of carbonyl (C=O) groups excluding carboxylic acids is 3. The van der Waals surface area contributed by atoms with Crippen molar-refractivity contribution in [3.8, 4) is 0 Å². The molecule has 2 saturated carbocycles. The predicted octanol–water partition coefficient (Wildman–Crippen LogP) is 2.72. The number of ether oxygens (including phenoxy) is 2. The summed E-state index contributed by atoms with van der Waals surface area (Å²) in [6, 6.07) is -0.00164. The number of unbranched alkanes of at least 4 members (excludes halogenated alkanes) is 1. The van der Waals surface area contributed by atoms with Crippen molar-refractivity contribution in [2.24, 2.45) is 40.1 Å². The van der Waals surface area contributed by atoms with Gasteiger partial charge in [0.1, 0.15) is 0 Å². The number of esters is 1. The summed E-state index contributed by atoms with van der Waals surface area (Å²) in [6.45, 7) is 8.93. The Labute approximate surface area is 269 Å². The van der Waals surface area contributed by atoms with Gasteiger partial charge in [0.05, 0.1) is 12.8 Å². The second-order valence-electron chi connectivity index (χ2n) is 13.8. The van der Waals surface area contributed by atoms with E-state index in [-0.39, 0.29) is 48.6 Å². The maximum Gasteiger partial charge on any atom is 0.349 e. The molecule has 2 saturated heterocycles. The molecule has 2 heterocycles. The van der Waals surface area contributed by atoms with Crippen molar-refractivity contribution >= 4 is 23.5 Å². The van der Waals surface area contributed by atoms with Crippen LogP contribution in [0.1, 0.15) is 97.8 Å². The Hall–Kier alpha value is -2.34. The summed E-state index contributed by atoms with van der Waals surface area (Å²) in [5, 5.41) is 10.1. The number of fused-ring (bicyclic) bond motifs is 2. The maximum absolute atomic E-state index is 14.1. The SMILES string of the molecule is CCCCC(CNCCC)COC(=O)C12OC1(CC=C(C)CC(NC(N)=NC)C1CCNC(N)C1)C(=O)C1CCCCC1C2=O. The summed E-state index contributed by atoms with van der Waals surface area (Å²) in [6.07, 6.45) is 11.5. The van der Waals surface area contributed by atoms with Gasteiger partial charge in [-0.1, -0.05) is 51.2 Å². The Morgan fingerprint density at radius 2 is 1.91 bits per heavy atom. The van der Waals surface area contributed by atoms with Crippen LogP contribution >= 0.6 is 0 Å². The molecule has 2 aliphatic carbocycles. The van der Waals surface area contributed by atoms with Crippen molar-refractivity contribution in [3.05, 3.63) is 11.6 Å². The van der Waals surface area contributed by atoms with Crippen LogP contribution in [0.15, 0.2) is 16.6 Å². The fraction of sp³-hybridized carbons (Fsp3) is 0.824. The molecule has 0 aromatic rings. The van der Waals surface area contributed by atoms with Gasteiger partial charge in [-0.15, -0.1) is 0 Å². The largest absolute Gasteiger partial charge is 0.463 e. The standard InChI is InChI=1S/C34H58N6O5/c1-5-7-10-23(20-38-16-6-2)21-44-31(43)34-30(42)26-12-9-8-11-25(26)29(41)33(34,45-34)15-13-22(3)18-27(40-32(36)37-4)24-14-17-39-28(35)19-24/h13,23-28,38-39H,5-12,14-21,35H2,1-4H3,(H3,36,37,40). The van der Waals surface area contributed by atoms with E-state index in [0.717, 1.165) is 76.6 Å². The van der Waals surface area contributed by atoms with Gasteiger partial charge >= 0.3 is 5.97 Å². The summed E-state index contributed by atoms with van der Waals surface area (Å²) in [5.74, 6) is -1.15. The number of rotatable bonds is 16. The molecule has 254 valence electrons. The lowest BCUT2D eigenvalue weighted by atomic mass is 9.61. The Morgan fingerprint density at radius 3 is 2.58 bits per heavy atom. The van der Waals surface area contributed by atoms with E-state index in [0.29, 0.717) is 25.2 Å². The monoisotopic (exact) mass is 630 g/mol. The second kappa shape index (κ2) is 16.0. The number of hydrogen-bond donors (Lipinski definition) is 5. The smallest absolute Gasteiger partial charge is 0.349 e. The Kier molecular flexibility index (Phi) is 12.6. The first-order valence-electron chi connectivity index (χ1n) is 17.4. The van der Waals surface area contributed by atoms with Crippen molar-refractivity contribution in [1.29, 1.82) is 0 Å². The highest BCUT2D eigenvalue weighted by molar-refractivity contribution is 6.23. The third-order valence-corrected chi connectivity index (χ3v) is 10.5. The van der Waals surface area contributed by atoms with E-state index in [1.165, 1.54) is 0 Å². The Morgan fingerprint density at radius 1 is 1.18 bits per heavy atom. The van der Waals surface area contributed by atoms with Crippen LogP contribution in [0.25, 0.3) is 0 Å². The molecule has 4 rings (SSSR count). The second-order valence-corrected chi connectivity index (χ2v) is 13.8. The molecule has 2 aliphatic heterocycles. The highest BCUT2D eigenvalue weighted by Gasteiger charge is 2.86. The molecule has 4 fully saturated rings. The number of nitrogens with two attached hydrogens (primary N) is 2. The number of aliphatic imine (C=N–C) groups is 1. The van der Waals surface area contributed by atoms with Crippen LogP contribution in [0.4, 0.5) is 0 Å². The number of guanidine groups is 1. The van der Waals surface area contributed by atoms with Crippen LogP contribution in [-0.4, -0.2) is 80.2 Å². The molecular formula is C34H58N6O5. The number of nitrogens with zero attached hydrogens (tertiary/aromatic N) is 1. The molecule has 0 bridgehead atoms. The molecule has 0 radical (unpaired) electrons. The van der Waals surface area contributed by atoms with Crippen LogP contribution in [0.5, 0.6) is 0 Å². The molecular weight excluding hydrogens is 572 g/mol. The summed E-state index contributed by atoms with van der Waals surface area (Å²) in [7, 11) is 1.65. The average Bonchev–Trinajstić information content (AvgIpc) is 3.75. The zero-order chi connectivity index (χ0) is 32.6. The van der Waals surface area contributed by atoms with Crippen molar-refractivity contribution in [3.63, 3.8) is 0 Å².